The zero-order valence-corrected chi connectivity index (χ0v) is 11.2. The molecule has 2 heteroatoms. The number of hydrogen-bond acceptors (Lipinski definition) is 1. The lowest BCUT2D eigenvalue weighted by atomic mass is 10.1. The average molecular weight is 237 g/mol. The first kappa shape index (κ1) is 14.2. The summed E-state index contributed by atoms with van der Waals surface area (Å²) in [6.45, 7) is 6.57. The van der Waals surface area contributed by atoms with Crippen molar-refractivity contribution in [3.8, 4) is 0 Å². The molecule has 0 fully saturated rings. The molecule has 0 aromatic heterocycles. The molecule has 0 saturated carbocycles. The van der Waals surface area contributed by atoms with Gasteiger partial charge in [0.1, 0.15) is 5.82 Å². The molecule has 0 amide bonds. The van der Waals surface area contributed by atoms with Crippen molar-refractivity contribution in [3.05, 3.63) is 35.6 Å². The third kappa shape index (κ3) is 5.31. The third-order valence-electron chi connectivity index (χ3n) is 3.15. The van der Waals surface area contributed by atoms with Crippen molar-refractivity contribution in [2.45, 2.75) is 58.5 Å². The van der Waals surface area contributed by atoms with Crippen LogP contribution in [0.1, 0.15) is 58.1 Å². The van der Waals surface area contributed by atoms with E-state index in [1.54, 1.807) is 0 Å². The molecule has 0 heterocycles. The Morgan fingerprint density at radius 3 is 2.35 bits per heavy atom. The monoisotopic (exact) mass is 237 g/mol. The van der Waals surface area contributed by atoms with Crippen LogP contribution in [-0.4, -0.2) is 6.04 Å². The van der Waals surface area contributed by atoms with Gasteiger partial charge in [0.05, 0.1) is 0 Å². The molecule has 0 aliphatic rings. The van der Waals surface area contributed by atoms with Crippen LogP contribution >= 0.6 is 0 Å². The van der Waals surface area contributed by atoms with Crippen LogP contribution in [0.2, 0.25) is 0 Å². The molecule has 0 saturated heterocycles. The standard InChI is InChI=1S/C15H24FN/c1-4-5-6-7-12(2)17-13(3)14-8-10-15(16)11-9-14/h8-13,17H,4-7H2,1-3H3. The average Bonchev–Trinajstić information content (AvgIpc) is 2.30. The molecule has 96 valence electrons. The van der Waals surface area contributed by atoms with Gasteiger partial charge in [0.2, 0.25) is 0 Å². The summed E-state index contributed by atoms with van der Waals surface area (Å²) in [4.78, 5) is 0. The highest BCUT2D eigenvalue weighted by Crippen LogP contribution is 2.15. The Kier molecular flexibility index (Phi) is 6.20. The van der Waals surface area contributed by atoms with Gasteiger partial charge in [-0.3, -0.25) is 0 Å². The van der Waals surface area contributed by atoms with Crippen LogP contribution in [-0.2, 0) is 0 Å². The van der Waals surface area contributed by atoms with Crippen LogP contribution in [0.3, 0.4) is 0 Å². The maximum atomic E-state index is 12.8. The smallest absolute Gasteiger partial charge is 0.123 e. The van der Waals surface area contributed by atoms with Gasteiger partial charge < -0.3 is 5.32 Å². The van der Waals surface area contributed by atoms with Gasteiger partial charge in [-0.2, -0.15) is 0 Å². The summed E-state index contributed by atoms with van der Waals surface area (Å²) in [5.74, 6) is -0.169. The zero-order chi connectivity index (χ0) is 12.7. The normalized spacial score (nSPS) is 14.6. The lowest BCUT2D eigenvalue weighted by molar-refractivity contribution is 0.440. The highest BCUT2D eigenvalue weighted by Gasteiger charge is 2.08. The van der Waals surface area contributed by atoms with E-state index in [0.717, 1.165) is 5.56 Å². The number of unbranched alkanes of at least 4 members (excludes halogenated alkanes) is 2. The Bertz CT molecular complexity index is 307. The highest BCUT2D eigenvalue weighted by molar-refractivity contribution is 5.19. The number of nitrogens with one attached hydrogen (secondary N) is 1. The molecular weight excluding hydrogens is 213 g/mol. The van der Waals surface area contributed by atoms with Crippen molar-refractivity contribution in [2.24, 2.45) is 0 Å². The van der Waals surface area contributed by atoms with Crippen LogP contribution in [0, 0.1) is 5.82 Å². The Balaban J connectivity index is 2.37. The quantitative estimate of drug-likeness (QED) is 0.691. The molecule has 1 nitrogen and oxygen atoms in total. The van der Waals surface area contributed by atoms with Gasteiger partial charge in [-0.1, -0.05) is 38.3 Å². The van der Waals surface area contributed by atoms with E-state index in [2.05, 4.69) is 26.1 Å². The second-order valence-electron chi connectivity index (χ2n) is 4.84. The number of hydrogen-bond donors (Lipinski definition) is 1. The Morgan fingerprint density at radius 1 is 1.12 bits per heavy atom. The first-order valence-electron chi connectivity index (χ1n) is 6.65. The highest BCUT2D eigenvalue weighted by atomic mass is 19.1. The Hall–Kier alpha value is -0.890. The summed E-state index contributed by atoms with van der Waals surface area (Å²) in [7, 11) is 0. The molecule has 2 atom stereocenters. The van der Waals surface area contributed by atoms with Gasteiger partial charge >= 0.3 is 0 Å². The molecule has 1 aromatic carbocycles. The van der Waals surface area contributed by atoms with E-state index in [1.165, 1.54) is 37.8 Å². The molecule has 0 radical (unpaired) electrons. The topological polar surface area (TPSA) is 12.0 Å². The largest absolute Gasteiger partial charge is 0.308 e. The fourth-order valence-corrected chi connectivity index (χ4v) is 2.06. The maximum Gasteiger partial charge on any atom is 0.123 e. The van der Waals surface area contributed by atoms with E-state index in [9.17, 15) is 4.39 Å². The SMILES string of the molecule is CCCCCC(C)NC(C)c1ccc(F)cc1. The van der Waals surface area contributed by atoms with Crippen LogP contribution in [0.4, 0.5) is 4.39 Å². The minimum Gasteiger partial charge on any atom is -0.308 e. The molecule has 0 spiro atoms. The van der Waals surface area contributed by atoms with Crippen LogP contribution in [0.5, 0.6) is 0 Å². The number of benzene rings is 1. The van der Waals surface area contributed by atoms with Crippen molar-refractivity contribution in [3.63, 3.8) is 0 Å². The second kappa shape index (κ2) is 7.44. The lowest BCUT2D eigenvalue weighted by Gasteiger charge is -2.20. The molecule has 0 aliphatic carbocycles. The van der Waals surface area contributed by atoms with Crippen molar-refractivity contribution >= 4 is 0 Å². The van der Waals surface area contributed by atoms with Crippen molar-refractivity contribution < 1.29 is 4.39 Å². The predicted octanol–water partition coefficient (Wildman–Crippen LogP) is 4.45. The van der Waals surface area contributed by atoms with Gasteiger partial charge in [0, 0.05) is 12.1 Å². The third-order valence-corrected chi connectivity index (χ3v) is 3.15. The Labute approximate surface area is 104 Å². The summed E-state index contributed by atoms with van der Waals surface area (Å²) >= 11 is 0. The lowest BCUT2D eigenvalue weighted by Crippen LogP contribution is -2.28. The molecule has 0 aliphatic heterocycles. The number of rotatable bonds is 7. The van der Waals surface area contributed by atoms with Crippen LogP contribution in [0.25, 0.3) is 0 Å². The summed E-state index contributed by atoms with van der Waals surface area (Å²) in [5.41, 5.74) is 1.15. The molecule has 17 heavy (non-hydrogen) atoms. The van der Waals surface area contributed by atoms with Crippen molar-refractivity contribution in [1.82, 2.24) is 5.32 Å². The van der Waals surface area contributed by atoms with Crippen LogP contribution in [0.15, 0.2) is 24.3 Å². The van der Waals surface area contributed by atoms with Gasteiger partial charge in [0.25, 0.3) is 0 Å². The van der Waals surface area contributed by atoms with Gasteiger partial charge in [0.15, 0.2) is 0 Å². The molecular formula is C15H24FN. The zero-order valence-electron chi connectivity index (χ0n) is 11.2. The second-order valence-corrected chi connectivity index (χ2v) is 4.84. The van der Waals surface area contributed by atoms with E-state index in [1.807, 2.05) is 12.1 Å². The van der Waals surface area contributed by atoms with Crippen molar-refractivity contribution in [2.75, 3.05) is 0 Å². The summed E-state index contributed by atoms with van der Waals surface area (Å²) in [6, 6.07) is 7.55. The van der Waals surface area contributed by atoms with E-state index in [0.29, 0.717) is 6.04 Å². The summed E-state index contributed by atoms with van der Waals surface area (Å²) < 4.78 is 12.8. The Morgan fingerprint density at radius 2 is 1.76 bits per heavy atom. The minimum atomic E-state index is -0.169. The van der Waals surface area contributed by atoms with E-state index >= 15 is 0 Å². The minimum absolute atomic E-state index is 0.169. The molecule has 1 rings (SSSR count). The molecule has 1 N–H and O–H groups in total. The fraction of sp³-hybridized carbons (Fsp3) is 0.600. The first-order valence-corrected chi connectivity index (χ1v) is 6.65. The summed E-state index contributed by atoms with van der Waals surface area (Å²) in [6.07, 6.45) is 5.05. The van der Waals surface area contributed by atoms with E-state index < -0.39 is 0 Å². The van der Waals surface area contributed by atoms with Crippen LogP contribution < -0.4 is 5.32 Å². The van der Waals surface area contributed by atoms with Crippen molar-refractivity contribution in [1.29, 1.82) is 0 Å². The van der Waals surface area contributed by atoms with Gasteiger partial charge in [-0.15, -0.1) is 0 Å². The first-order chi connectivity index (χ1) is 8.13. The maximum absolute atomic E-state index is 12.8. The van der Waals surface area contributed by atoms with E-state index in [-0.39, 0.29) is 11.9 Å². The summed E-state index contributed by atoms with van der Waals surface area (Å²) in [5, 5.41) is 3.55. The van der Waals surface area contributed by atoms with Gasteiger partial charge in [-0.25, -0.2) is 4.39 Å². The van der Waals surface area contributed by atoms with E-state index in [4.69, 9.17) is 0 Å². The van der Waals surface area contributed by atoms with Gasteiger partial charge in [-0.05, 0) is 38.0 Å². The number of halogens is 1. The molecule has 2 unspecified atom stereocenters. The predicted molar refractivity (Wildman–Crippen MR) is 71.6 cm³/mol. The molecule has 0 bridgehead atoms. The fourth-order valence-electron chi connectivity index (χ4n) is 2.06. The molecule has 1 aromatic rings.